The molecule has 0 bridgehead atoms. The Balaban J connectivity index is 1.34. The summed E-state index contributed by atoms with van der Waals surface area (Å²) in [7, 11) is 0. The van der Waals surface area contributed by atoms with Crippen molar-refractivity contribution in [1.82, 2.24) is 29.4 Å². The Morgan fingerprint density at radius 3 is 2.39 bits per heavy atom. The number of esters is 1. The second-order valence-corrected chi connectivity index (χ2v) is 13.2. The Hall–Kier alpha value is -4.38. The van der Waals surface area contributed by atoms with Crippen LogP contribution in [-0.4, -0.2) is 78.9 Å². The van der Waals surface area contributed by atoms with Gasteiger partial charge in [-0.3, -0.25) is 9.69 Å². The van der Waals surface area contributed by atoms with Gasteiger partial charge >= 0.3 is 5.97 Å². The van der Waals surface area contributed by atoms with Crippen LogP contribution in [0.25, 0.3) is 5.69 Å². The molecule has 0 spiro atoms. The van der Waals surface area contributed by atoms with Crippen LogP contribution in [0, 0.1) is 20.8 Å². The van der Waals surface area contributed by atoms with Crippen molar-refractivity contribution in [2.45, 2.75) is 72.6 Å². The number of rotatable bonds is 7. The second kappa shape index (κ2) is 13.2. The van der Waals surface area contributed by atoms with E-state index in [1.807, 2.05) is 82.5 Å². The minimum atomic E-state index is -3.08. The van der Waals surface area contributed by atoms with E-state index in [2.05, 4.69) is 10.3 Å². The Morgan fingerprint density at radius 2 is 1.67 bits per heavy atom. The molecule has 0 aliphatic carbocycles. The first kappa shape index (κ1) is 33.0. The molecule has 244 valence electrons. The van der Waals surface area contributed by atoms with Gasteiger partial charge in [-0.2, -0.15) is 0 Å². The number of hydrogen-bond acceptors (Lipinski definition) is 6. The van der Waals surface area contributed by atoms with Gasteiger partial charge in [0.15, 0.2) is 0 Å². The summed E-state index contributed by atoms with van der Waals surface area (Å²) in [4.78, 5) is 29.6. The molecule has 1 aliphatic rings. The van der Waals surface area contributed by atoms with Crippen molar-refractivity contribution in [3.8, 4) is 5.69 Å². The first-order valence-corrected chi connectivity index (χ1v) is 15.5. The SMILES string of the molecule is Cc1ccc(C(=O)N2CCCN(Cc3ccccc3)CC(F)(F)C2)c(-n2cc(Cn3c(C)cc(C(=O)OC(C)(C)C)c3C)nn2)c1. The van der Waals surface area contributed by atoms with Crippen molar-refractivity contribution < 1.29 is 23.1 Å². The molecular formula is C35H42F2N6O3. The molecule has 3 heterocycles. The third-order valence-electron chi connectivity index (χ3n) is 8.00. The average molecular weight is 633 g/mol. The molecule has 1 saturated heterocycles. The molecule has 1 fully saturated rings. The van der Waals surface area contributed by atoms with Crippen LogP contribution in [0.3, 0.4) is 0 Å². The van der Waals surface area contributed by atoms with Crippen LogP contribution < -0.4 is 0 Å². The molecule has 2 aromatic carbocycles. The van der Waals surface area contributed by atoms with Gasteiger partial charge in [-0.25, -0.2) is 18.3 Å². The summed E-state index contributed by atoms with van der Waals surface area (Å²) in [5.74, 6) is -3.94. The third-order valence-corrected chi connectivity index (χ3v) is 8.00. The maximum atomic E-state index is 15.3. The monoisotopic (exact) mass is 632 g/mol. The average Bonchev–Trinajstić information content (AvgIpc) is 3.55. The van der Waals surface area contributed by atoms with Gasteiger partial charge in [0.25, 0.3) is 11.8 Å². The molecule has 0 atom stereocenters. The molecule has 1 aliphatic heterocycles. The van der Waals surface area contributed by atoms with Gasteiger partial charge in [-0.15, -0.1) is 5.10 Å². The number of amides is 1. The molecule has 4 aromatic rings. The molecule has 5 rings (SSSR count). The van der Waals surface area contributed by atoms with E-state index in [9.17, 15) is 9.59 Å². The van der Waals surface area contributed by atoms with Crippen molar-refractivity contribution in [2.75, 3.05) is 26.2 Å². The highest BCUT2D eigenvalue weighted by atomic mass is 19.3. The zero-order valence-electron chi connectivity index (χ0n) is 27.4. The lowest BCUT2D eigenvalue weighted by molar-refractivity contribution is -0.0632. The minimum absolute atomic E-state index is 0.210. The number of aromatic nitrogens is 4. The topological polar surface area (TPSA) is 85.5 Å². The van der Waals surface area contributed by atoms with Crippen LogP contribution in [0.5, 0.6) is 0 Å². The fraction of sp³-hybridized carbons (Fsp3) is 0.429. The lowest BCUT2D eigenvalue weighted by atomic mass is 10.1. The Morgan fingerprint density at radius 1 is 0.935 bits per heavy atom. The van der Waals surface area contributed by atoms with Crippen molar-refractivity contribution in [3.63, 3.8) is 0 Å². The van der Waals surface area contributed by atoms with E-state index in [4.69, 9.17) is 4.74 Å². The number of ether oxygens (including phenoxy) is 1. The number of carbonyl (C=O) groups excluding carboxylic acids is 2. The lowest BCUT2D eigenvalue weighted by Gasteiger charge is -2.35. The van der Waals surface area contributed by atoms with E-state index in [0.717, 1.165) is 22.5 Å². The fourth-order valence-electron chi connectivity index (χ4n) is 5.87. The van der Waals surface area contributed by atoms with E-state index in [-0.39, 0.29) is 12.1 Å². The zero-order valence-corrected chi connectivity index (χ0v) is 27.4. The zero-order chi connectivity index (χ0) is 33.2. The predicted molar refractivity (Wildman–Crippen MR) is 171 cm³/mol. The van der Waals surface area contributed by atoms with Crippen LogP contribution in [0.1, 0.15) is 76.1 Å². The molecule has 46 heavy (non-hydrogen) atoms. The number of nitrogens with zero attached hydrogens (tertiary/aromatic N) is 6. The largest absolute Gasteiger partial charge is 0.456 e. The van der Waals surface area contributed by atoms with Gasteiger partial charge in [0.1, 0.15) is 11.3 Å². The highest BCUT2D eigenvalue weighted by Gasteiger charge is 2.38. The smallest absolute Gasteiger partial charge is 0.340 e. The van der Waals surface area contributed by atoms with Crippen molar-refractivity contribution in [3.05, 3.63) is 100 Å². The summed E-state index contributed by atoms with van der Waals surface area (Å²) >= 11 is 0. The first-order chi connectivity index (χ1) is 21.7. The van der Waals surface area contributed by atoms with E-state index >= 15 is 8.78 Å². The van der Waals surface area contributed by atoms with Gasteiger partial charge in [-0.05, 0) is 77.3 Å². The molecular weight excluding hydrogens is 590 g/mol. The fourth-order valence-corrected chi connectivity index (χ4v) is 5.87. The molecule has 1 amide bonds. The van der Waals surface area contributed by atoms with Gasteiger partial charge in [0.2, 0.25) is 0 Å². The Labute approximate surface area is 268 Å². The summed E-state index contributed by atoms with van der Waals surface area (Å²) in [6.07, 6.45) is 2.30. The Kier molecular flexibility index (Phi) is 9.44. The van der Waals surface area contributed by atoms with Gasteiger partial charge in [0, 0.05) is 31.0 Å². The van der Waals surface area contributed by atoms with Crippen LogP contribution in [-0.2, 0) is 17.8 Å². The van der Waals surface area contributed by atoms with Crippen LogP contribution in [0.15, 0.2) is 60.8 Å². The quantitative estimate of drug-likeness (QED) is 0.233. The molecule has 11 heteroatoms. The normalized spacial score (nSPS) is 15.8. The Bertz CT molecular complexity index is 1710. The second-order valence-electron chi connectivity index (χ2n) is 13.2. The predicted octanol–water partition coefficient (Wildman–Crippen LogP) is 5.98. The summed E-state index contributed by atoms with van der Waals surface area (Å²) in [6.45, 7) is 11.5. The lowest BCUT2D eigenvalue weighted by Crippen LogP contribution is -2.50. The maximum Gasteiger partial charge on any atom is 0.340 e. The summed E-state index contributed by atoms with van der Waals surface area (Å²) in [5, 5.41) is 8.65. The van der Waals surface area contributed by atoms with Crippen LogP contribution in [0.2, 0.25) is 0 Å². The van der Waals surface area contributed by atoms with Crippen molar-refractivity contribution in [1.29, 1.82) is 0 Å². The highest BCUT2D eigenvalue weighted by Crippen LogP contribution is 2.26. The van der Waals surface area contributed by atoms with Gasteiger partial charge < -0.3 is 14.2 Å². The maximum absolute atomic E-state index is 15.3. The van der Waals surface area contributed by atoms with Crippen molar-refractivity contribution in [2.24, 2.45) is 0 Å². The van der Waals surface area contributed by atoms with E-state index < -0.39 is 36.5 Å². The summed E-state index contributed by atoms with van der Waals surface area (Å²) in [6, 6.07) is 16.6. The van der Waals surface area contributed by atoms with Gasteiger partial charge in [-0.1, -0.05) is 41.6 Å². The number of carbonyl (C=O) groups is 2. The molecule has 2 aromatic heterocycles. The summed E-state index contributed by atoms with van der Waals surface area (Å²) in [5.41, 5.74) is 4.69. The molecule has 9 nitrogen and oxygen atoms in total. The molecule has 0 N–H and O–H groups in total. The summed E-state index contributed by atoms with van der Waals surface area (Å²) < 4.78 is 39.7. The van der Waals surface area contributed by atoms with Gasteiger partial charge in [0.05, 0.1) is 42.6 Å². The van der Waals surface area contributed by atoms with Crippen LogP contribution in [0.4, 0.5) is 8.78 Å². The van der Waals surface area contributed by atoms with Crippen molar-refractivity contribution >= 4 is 11.9 Å². The molecule has 0 unspecified atom stereocenters. The molecule has 0 radical (unpaired) electrons. The number of halogens is 2. The molecule has 0 saturated carbocycles. The number of aryl methyl sites for hydroxylation is 2. The highest BCUT2D eigenvalue weighted by molar-refractivity contribution is 5.98. The third kappa shape index (κ3) is 7.88. The minimum Gasteiger partial charge on any atom is -0.456 e. The van der Waals surface area contributed by atoms with E-state index in [1.54, 1.807) is 29.3 Å². The number of benzene rings is 2. The number of hydrogen-bond donors (Lipinski definition) is 0. The number of alkyl halides is 2. The van der Waals surface area contributed by atoms with E-state index in [1.165, 1.54) is 9.58 Å². The first-order valence-electron chi connectivity index (χ1n) is 15.5. The van der Waals surface area contributed by atoms with Crippen LogP contribution >= 0.6 is 0 Å². The van der Waals surface area contributed by atoms with E-state index in [0.29, 0.717) is 43.0 Å². The standard InChI is InChI=1S/C35H42F2N6O3/c1-24-13-14-29(32(44)41-16-10-15-40(22-35(36,37)23-41)19-27-11-8-7-9-12-27)31(17-24)43-21-28(38-39-43)20-42-25(2)18-30(26(42)3)33(45)46-34(4,5)6/h7-9,11-14,17-18,21H,10,15-16,19-20,22-23H2,1-6H3.